The van der Waals surface area contributed by atoms with Crippen LogP contribution in [0.5, 0.6) is 0 Å². The molecule has 0 bridgehead atoms. The summed E-state index contributed by atoms with van der Waals surface area (Å²) in [5.41, 5.74) is 5.57. The smallest absolute Gasteiger partial charge is 0.236 e. The van der Waals surface area contributed by atoms with Crippen LogP contribution in [0.15, 0.2) is 83.7 Å². The molecule has 1 aliphatic rings. The van der Waals surface area contributed by atoms with Crippen molar-refractivity contribution in [3.05, 3.63) is 90.6 Å². The van der Waals surface area contributed by atoms with Crippen LogP contribution in [0.3, 0.4) is 0 Å². The van der Waals surface area contributed by atoms with Gasteiger partial charge in [0.1, 0.15) is 11.3 Å². The van der Waals surface area contributed by atoms with E-state index in [1.807, 2.05) is 19.1 Å². The molecule has 0 N–H and O–H groups in total. The number of furan rings is 1. The van der Waals surface area contributed by atoms with Crippen molar-refractivity contribution in [2.75, 3.05) is 10.0 Å². The minimum Gasteiger partial charge on any atom is -0.463 e. The monoisotopic (exact) mass is 629 g/mol. The molecule has 0 spiro atoms. The molecule has 244 valence electrons. The molecule has 1 fully saturated rings. The van der Waals surface area contributed by atoms with Crippen LogP contribution in [0.2, 0.25) is 0 Å². The number of hydrogen-bond acceptors (Lipinski definition) is 6. The normalized spacial score (nSPS) is 14.7. The van der Waals surface area contributed by atoms with Gasteiger partial charge in [0.15, 0.2) is 23.1 Å². The Morgan fingerprint density at radius 1 is 0.787 bits per heavy atom. The van der Waals surface area contributed by atoms with Gasteiger partial charge in [0.2, 0.25) is 5.78 Å². The molecule has 0 unspecified atom stereocenters. The Morgan fingerprint density at radius 3 is 2.23 bits per heavy atom. The van der Waals surface area contributed by atoms with E-state index in [4.69, 9.17) is 19.4 Å². The highest BCUT2D eigenvalue weighted by Crippen LogP contribution is 2.46. The highest BCUT2D eigenvalue weighted by Gasteiger charge is 2.44. The molecule has 1 aromatic carbocycles. The van der Waals surface area contributed by atoms with Gasteiger partial charge in [0.25, 0.3) is 0 Å². The largest absolute Gasteiger partial charge is 0.463 e. The summed E-state index contributed by atoms with van der Waals surface area (Å²) in [6.07, 6.45) is 12.7. The number of aromatic nitrogens is 5. The SMILES string of the molecule is Cc1ccn2c(N(C3CCCCC3)N(c3c(-c4ccco4)nc4nc(C)ccn34)C(C)(C)CC(C)(C)C)c(-c3ccccc3)nc2c1. The lowest BCUT2D eigenvalue weighted by atomic mass is 9.81. The Balaban J connectivity index is 1.60. The molecule has 0 aliphatic heterocycles. The zero-order valence-corrected chi connectivity index (χ0v) is 28.9. The Morgan fingerprint density at radius 2 is 1.53 bits per heavy atom. The van der Waals surface area contributed by atoms with Crippen molar-refractivity contribution in [1.82, 2.24) is 23.8 Å². The lowest BCUT2D eigenvalue weighted by Gasteiger charge is -2.52. The molecule has 0 atom stereocenters. The van der Waals surface area contributed by atoms with Crippen molar-refractivity contribution in [2.24, 2.45) is 5.41 Å². The van der Waals surface area contributed by atoms with Crippen LogP contribution in [-0.4, -0.2) is 35.3 Å². The number of aryl methyl sites for hydroxylation is 2. The molecule has 47 heavy (non-hydrogen) atoms. The number of rotatable bonds is 8. The molecule has 0 radical (unpaired) electrons. The number of fused-ring (bicyclic) bond motifs is 2. The predicted octanol–water partition coefficient (Wildman–Crippen LogP) is 9.70. The summed E-state index contributed by atoms with van der Waals surface area (Å²) in [5.74, 6) is 3.40. The first kappa shape index (κ1) is 31.0. The molecule has 0 saturated heterocycles. The number of benzene rings is 1. The second kappa shape index (κ2) is 11.9. The van der Waals surface area contributed by atoms with Crippen LogP contribution in [0.1, 0.15) is 84.4 Å². The first-order valence-electron chi connectivity index (χ1n) is 17.0. The summed E-state index contributed by atoms with van der Waals surface area (Å²) in [6, 6.07) is 21.3. The second-order valence-corrected chi connectivity index (χ2v) is 15.1. The van der Waals surface area contributed by atoms with E-state index >= 15 is 0 Å². The van der Waals surface area contributed by atoms with Crippen LogP contribution >= 0.6 is 0 Å². The van der Waals surface area contributed by atoms with E-state index in [0.29, 0.717) is 5.78 Å². The van der Waals surface area contributed by atoms with Crippen molar-refractivity contribution >= 4 is 23.1 Å². The predicted molar refractivity (Wildman–Crippen MR) is 191 cm³/mol. The fraction of sp³-hybridized carbons (Fsp3) is 0.410. The Kier molecular flexibility index (Phi) is 7.85. The minimum atomic E-state index is -0.374. The van der Waals surface area contributed by atoms with Gasteiger partial charge >= 0.3 is 0 Å². The summed E-state index contributed by atoms with van der Waals surface area (Å²) >= 11 is 0. The minimum absolute atomic E-state index is 0.0407. The van der Waals surface area contributed by atoms with Gasteiger partial charge in [0.05, 0.1) is 17.8 Å². The Hall–Kier alpha value is -4.59. The van der Waals surface area contributed by atoms with Crippen molar-refractivity contribution in [1.29, 1.82) is 0 Å². The Bertz CT molecular complexity index is 1990. The summed E-state index contributed by atoms with van der Waals surface area (Å²) in [5, 5.41) is 5.14. The van der Waals surface area contributed by atoms with Crippen molar-refractivity contribution in [3.8, 4) is 22.7 Å². The summed E-state index contributed by atoms with van der Waals surface area (Å²) < 4.78 is 10.6. The number of nitrogens with zero attached hydrogens (tertiary/aromatic N) is 7. The maximum atomic E-state index is 6.11. The van der Waals surface area contributed by atoms with Gasteiger partial charge in [-0.25, -0.2) is 15.0 Å². The van der Waals surface area contributed by atoms with Crippen molar-refractivity contribution in [2.45, 2.75) is 98.6 Å². The molecule has 5 heterocycles. The lowest BCUT2D eigenvalue weighted by Crippen LogP contribution is -2.61. The van der Waals surface area contributed by atoms with Gasteiger partial charge in [-0.05, 0) is 88.3 Å². The Labute approximate surface area is 278 Å². The quantitative estimate of drug-likeness (QED) is 0.156. The number of hydrogen-bond donors (Lipinski definition) is 0. The van der Waals surface area contributed by atoms with Crippen LogP contribution < -0.4 is 10.0 Å². The van der Waals surface area contributed by atoms with Gasteiger partial charge in [-0.15, -0.1) is 0 Å². The third kappa shape index (κ3) is 5.90. The van der Waals surface area contributed by atoms with Crippen LogP contribution in [-0.2, 0) is 0 Å². The molecular weight excluding hydrogens is 582 g/mol. The van der Waals surface area contributed by atoms with E-state index in [9.17, 15) is 0 Å². The summed E-state index contributed by atoms with van der Waals surface area (Å²) in [4.78, 5) is 15.5. The number of pyridine rings is 1. The molecule has 5 aromatic heterocycles. The third-order valence-electron chi connectivity index (χ3n) is 9.26. The number of hydrazine groups is 1. The molecule has 6 aromatic rings. The standard InChI is InChI=1S/C39H47N7O/c1-27-20-22-43-32(25-27)41-33(29-15-10-8-11-16-29)35(43)45(30-17-12-9-13-18-30)46(39(6,7)26-38(3,4)5)36-34(31-19-14-24-47-31)42-37-40-28(2)21-23-44(36)37/h8,10-11,14-16,19-25,30H,9,12-13,17-18,26H2,1-7H3. The maximum Gasteiger partial charge on any atom is 0.236 e. The van der Waals surface area contributed by atoms with Gasteiger partial charge in [0, 0.05) is 23.7 Å². The summed E-state index contributed by atoms with van der Waals surface area (Å²) in [6.45, 7) is 15.9. The van der Waals surface area contributed by atoms with Gasteiger partial charge in [-0.1, -0.05) is 70.4 Å². The molecule has 8 nitrogen and oxygen atoms in total. The fourth-order valence-electron chi connectivity index (χ4n) is 7.74. The zero-order valence-electron chi connectivity index (χ0n) is 28.9. The van der Waals surface area contributed by atoms with Crippen molar-refractivity contribution < 1.29 is 4.42 Å². The van der Waals surface area contributed by atoms with E-state index in [1.54, 1.807) is 6.26 Å². The zero-order chi connectivity index (χ0) is 32.9. The van der Waals surface area contributed by atoms with E-state index in [-0.39, 0.29) is 17.0 Å². The molecule has 1 saturated carbocycles. The molecule has 8 heteroatoms. The molecule has 1 aliphatic carbocycles. The van der Waals surface area contributed by atoms with E-state index < -0.39 is 0 Å². The number of imidazole rings is 2. The molecule has 0 amide bonds. The summed E-state index contributed by atoms with van der Waals surface area (Å²) in [7, 11) is 0. The maximum absolute atomic E-state index is 6.11. The lowest BCUT2D eigenvalue weighted by molar-refractivity contribution is 0.255. The van der Waals surface area contributed by atoms with E-state index in [0.717, 1.165) is 65.0 Å². The molecule has 7 rings (SSSR count). The first-order valence-corrected chi connectivity index (χ1v) is 17.0. The van der Waals surface area contributed by atoms with Crippen LogP contribution in [0.25, 0.3) is 34.1 Å². The van der Waals surface area contributed by atoms with Gasteiger partial charge in [-0.3, -0.25) is 18.8 Å². The van der Waals surface area contributed by atoms with Crippen LogP contribution in [0, 0.1) is 19.3 Å². The van der Waals surface area contributed by atoms with Crippen molar-refractivity contribution in [3.63, 3.8) is 0 Å². The van der Waals surface area contributed by atoms with E-state index in [1.165, 1.54) is 24.8 Å². The van der Waals surface area contributed by atoms with Gasteiger partial charge in [-0.2, -0.15) is 0 Å². The van der Waals surface area contributed by atoms with Crippen LogP contribution in [0.4, 0.5) is 11.6 Å². The number of anilines is 2. The van der Waals surface area contributed by atoms with E-state index in [2.05, 4.69) is 121 Å². The first-order chi connectivity index (χ1) is 22.5. The second-order valence-electron chi connectivity index (χ2n) is 15.1. The third-order valence-corrected chi connectivity index (χ3v) is 9.26. The fourth-order valence-corrected chi connectivity index (χ4v) is 7.74. The topological polar surface area (TPSA) is 67.1 Å². The average Bonchev–Trinajstić information content (AvgIpc) is 3.77. The van der Waals surface area contributed by atoms with Gasteiger partial charge < -0.3 is 4.42 Å². The highest BCUT2D eigenvalue weighted by molar-refractivity contribution is 5.82. The average molecular weight is 630 g/mol. The highest BCUT2D eigenvalue weighted by atomic mass is 16.3. The molecular formula is C39H47N7O.